The fourth-order valence-corrected chi connectivity index (χ4v) is 4.24. The Kier molecular flexibility index (Phi) is 7.91. The maximum atomic E-state index is 15.1. The zero-order chi connectivity index (χ0) is 24.9. The topological polar surface area (TPSA) is 52.7 Å². The number of piperidine rings is 1. The van der Waals surface area contributed by atoms with Crippen LogP contribution in [0.4, 0.5) is 27.6 Å². The van der Waals surface area contributed by atoms with Gasteiger partial charge in [-0.15, -0.1) is 0 Å². The van der Waals surface area contributed by atoms with Crippen LogP contribution >= 0.6 is 0 Å². The SMILES string of the molecule is CC1(c2c(N(C=O)CC(=O)NCC(F)(F)F)ccc(F)c2F)CCN(Cc2ccccc2)CC1. The highest BCUT2D eigenvalue weighted by molar-refractivity contribution is 5.89. The molecule has 0 bridgehead atoms. The fourth-order valence-electron chi connectivity index (χ4n) is 4.24. The molecule has 2 aromatic rings. The predicted molar refractivity (Wildman–Crippen MR) is 117 cm³/mol. The van der Waals surface area contributed by atoms with Gasteiger partial charge in [0.25, 0.3) is 0 Å². The Labute approximate surface area is 194 Å². The first kappa shape index (κ1) is 25.6. The Balaban J connectivity index is 1.80. The molecule has 1 fully saturated rings. The van der Waals surface area contributed by atoms with Crippen LogP contribution in [0.2, 0.25) is 0 Å². The van der Waals surface area contributed by atoms with Gasteiger partial charge in [-0.25, -0.2) is 8.78 Å². The van der Waals surface area contributed by atoms with Crippen molar-refractivity contribution >= 4 is 18.0 Å². The summed E-state index contributed by atoms with van der Waals surface area (Å²) in [6, 6.07) is 11.8. The van der Waals surface area contributed by atoms with E-state index < -0.39 is 42.2 Å². The van der Waals surface area contributed by atoms with Crippen LogP contribution in [0.1, 0.15) is 30.9 Å². The minimum atomic E-state index is -4.62. The van der Waals surface area contributed by atoms with Crippen LogP contribution in [0, 0.1) is 11.6 Å². The van der Waals surface area contributed by atoms with Crippen LogP contribution in [0.25, 0.3) is 0 Å². The van der Waals surface area contributed by atoms with E-state index in [0.717, 1.165) is 16.5 Å². The zero-order valence-corrected chi connectivity index (χ0v) is 18.7. The molecule has 2 aromatic carbocycles. The normalized spacial score (nSPS) is 16.2. The van der Waals surface area contributed by atoms with E-state index in [-0.39, 0.29) is 17.7 Å². The Morgan fingerprint density at radius 2 is 1.76 bits per heavy atom. The average Bonchev–Trinajstić information content (AvgIpc) is 2.80. The number of hydrogen-bond donors (Lipinski definition) is 1. The summed E-state index contributed by atoms with van der Waals surface area (Å²) in [7, 11) is 0. The summed E-state index contributed by atoms with van der Waals surface area (Å²) >= 11 is 0. The van der Waals surface area contributed by atoms with Gasteiger partial charge < -0.3 is 10.2 Å². The van der Waals surface area contributed by atoms with Crippen LogP contribution < -0.4 is 10.2 Å². The molecule has 2 amide bonds. The minimum Gasteiger partial charge on any atom is -0.345 e. The van der Waals surface area contributed by atoms with Gasteiger partial charge in [0.2, 0.25) is 12.3 Å². The van der Waals surface area contributed by atoms with Crippen LogP contribution in [0.3, 0.4) is 0 Å². The molecule has 1 aliphatic heterocycles. The molecular formula is C24H26F5N3O2. The molecule has 0 spiro atoms. The van der Waals surface area contributed by atoms with E-state index in [0.29, 0.717) is 32.5 Å². The van der Waals surface area contributed by atoms with E-state index in [2.05, 4.69) is 4.90 Å². The molecule has 1 saturated heterocycles. The monoisotopic (exact) mass is 483 g/mol. The average molecular weight is 483 g/mol. The van der Waals surface area contributed by atoms with Gasteiger partial charge in [-0.1, -0.05) is 37.3 Å². The molecule has 34 heavy (non-hydrogen) atoms. The standard InChI is InChI=1S/C24H26F5N3O2/c1-23(9-11-31(12-10-23)13-17-5-3-2-4-6-17)21-19(8-7-18(25)22(21)26)32(16-33)14-20(34)30-15-24(27,28)29/h2-8,16H,9-15H2,1H3,(H,30,34). The molecule has 3 rings (SSSR count). The van der Waals surface area contributed by atoms with Gasteiger partial charge >= 0.3 is 6.18 Å². The highest BCUT2D eigenvalue weighted by atomic mass is 19.4. The van der Waals surface area contributed by atoms with Crippen molar-refractivity contribution in [2.75, 3.05) is 31.1 Å². The molecule has 1 heterocycles. The molecular weight excluding hydrogens is 457 g/mol. The van der Waals surface area contributed by atoms with E-state index in [1.165, 1.54) is 6.07 Å². The van der Waals surface area contributed by atoms with E-state index in [1.54, 1.807) is 12.2 Å². The molecule has 1 aliphatic rings. The van der Waals surface area contributed by atoms with Crippen molar-refractivity contribution < 1.29 is 31.5 Å². The fraction of sp³-hybridized carbons (Fsp3) is 0.417. The first-order valence-corrected chi connectivity index (χ1v) is 10.8. The summed E-state index contributed by atoms with van der Waals surface area (Å²) in [6.07, 6.45) is -3.46. The lowest BCUT2D eigenvalue weighted by atomic mass is 9.73. The third-order valence-corrected chi connectivity index (χ3v) is 6.12. The Hall–Kier alpha value is -3.01. The maximum absolute atomic E-state index is 15.1. The second-order valence-electron chi connectivity index (χ2n) is 8.70. The molecule has 0 radical (unpaired) electrons. The van der Waals surface area contributed by atoms with Crippen molar-refractivity contribution in [2.24, 2.45) is 0 Å². The van der Waals surface area contributed by atoms with Gasteiger partial charge in [-0.2, -0.15) is 13.2 Å². The van der Waals surface area contributed by atoms with Crippen LogP contribution in [0.15, 0.2) is 42.5 Å². The smallest absolute Gasteiger partial charge is 0.345 e. The van der Waals surface area contributed by atoms with Crippen molar-refractivity contribution in [3.63, 3.8) is 0 Å². The molecule has 0 unspecified atom stereocenters. The molecule has 0 aromatic heterocycles. The number of carbonyl (C=O) groups is 2. The summed E-state index contributed by atoms with van der Waals surface area (Å²) < 4.78 is 66.5. The minimum absolute atomic E-state index is 0.0323. The van der Waals surface area contributed by atoms with Crippen molar-refractivity contribution in [3.8, 4) is 0 Å². The van der Waals surface area contributed by atoms with E-state index in [9.17, 15) is 27.2 Å². The number of rotatable bonds is 8. The number of carbonyl (C=O) groups excluding carboxylic acids is 2. The zero-order valence-electron chi connectivity index (χ0n) is 18.7. The molecule has 5 nitrogen and oxygen atoms in total. The molecule has 1 N–H and O–H groups in total. The highest BCUT2D eigenvalue weighted by Gasteiger charge is 2.38. The number of benzene rings is 2. The highest BCUT2D eigenvalue weighted by Crippen LogP contribution is 2.42. The van der Waals surface area contributed by atoms with Crippen molar-refractivity contribution in [2.45, 2.75) is 37.9 Å². The maximum Gasteiger partial charge on any atom is 0.405 e. The Morgan fingerprint density at radius 1 is 1.12 bits per heavy atom. The number of likely N-dealkylation sites (tertiary alicyclic amines) is 1. The number of amides is 2. The van der Waals surface area contributed by atoms with Crippen LogP contribution in [-0.4, -0.2) is 49.6 Å². The number of nitrogens with one attached hydrogen (secondary N) is 1. The lowest BCUT2D eigenvalue weighted by molar-refractivity contribution is -0.137. The van der Waals surface area contributed by atoms with Crippen molar-refractivity contribution in [1.82, 2.24) is 10.2 Å². The van der Waals surface area contributed by atoms with Gasteiger partial charge in [-0.05, 0) is 49.0 Å². The largest absolute Gasteiger partial charge is 0.405 e. The van der Waals surface area contributed by atoms with E-state index >= 15 is 4.39 Å². The quantitative estimate of drug-likeness (QED) is 0.453. The van der Waals surface area contributed by atoms with Gasteiger partial charge in [0.1, 0.15) is 13.1 Å². The number of anilines is 1. The third kappa shape index (κ3) is 6.31. The van der Waals surface area contributed by atoms with Crippen LogP contribution in [-0.2, 0) is 21.5 Å². The van der Waals surface area contributed by atoms with E-state index in [1.807, 2.05) is 30.3 Å². The first-order chi connectivity index (χ1) is 16.0. The second-order valence-corrected chi connectivity index (χ2v) is 8.70. The first-order valence-electron chi connectivity index (χ1n) is 10.8. The molecule has 184 valence electrons. The Morgan fingerprint density at radius 3 is 2.35 bits per heavy atom. The number of alkyl halides is 3. The summed E-state index contributed by atoms with van der Waals surface area (Å²) in [5.41, 5.74) is 0.191. The molecule has 0 aliphatic carbocycles. The Bertz CT molecular complexity index is 1010. The summed E-state index contributed by atoms with van der Waals surface area (Å²) in [5.74, 6) is -3.29. The molecule has 10 heteroatoms. The summed E-state index contributed by atoms with van der Waals surface area (Å²) in [5, 5.41) is 1.68. The van der Waals surface area contributed by atoms with Crippen molar-refractivity contribution in [1.29, 1.82) is 0 Å². The number of nitrogens with zero attached hydrogens (tertiary/aromatic N) is 2. The van der Waals surface area contributed by atoms with Gasteiger partial charge in [0.05, 0.1) is 5.69 Å². The van der Waals surface area contributed by atoms with Crippen LogP contribution in [0.5, 0.6) is 0 Å². The predicted octanol–water partition coefficient (Wildman–Crippen LogP) is 4.16. The number of halogens is 5. The summed E-state index contributed by atoms with van der Waals surface area (Å²) in [4.78, 5) is 26.7. The van der Waals surface area contributed by atoms with Gasteiger partial charge in [0, 0.05) is 12.1 Å². The van der Waals surface area contributed by atoms with Gasteiger partial charge in [0.15, 0.2) is 11.6 Å². The lowest BCUT2D eigenvalue weighted by Gasteiger charge is -2.41. The number of hydrogen-bond acceptors (Lipinski definition) is 3. The van der Waals surface area contributed by atoms with Crippen molar-refractivity contribution in [3.05, 3.63) is 65.2 Å². The van der Waals surface area contributed by atoms with Gasteiger partial charge in [-0.3, -0.25) is 14.5 Å². The molecule has 0 saturated carbocycles. The lowest BCUT2D eigenvalue weighted by Crippen LogP contribution is -2.44. The third-order valence-electron chi connectivity index (χ3n) is 6.12. The van der Waals surface area contributed by atoms with E-state index in [4.69, 9.17) is 0 Å². The summed E-state index contributed by atoms with van der Waals surface area (Å²) in [6.45, 7) is 1.34. The molecule has 0 atom stereocenters. The second kappa shape index (κ2) is 10.5.